The number of carbonyl (C=O) groups excluding carboxylic acids is 2. The van der Waals surface area contributed by atoms with Gasteiger partial charge in [0.25, 0.3) is 0 Å². The zero-order chi connectivity index (χ0) is 16.9. The van der Waals surface area contributed by atoms with E-state index < -0.39 is 5.97 Å². The first kappa shape index (κ1) is 15.8. The fraction of sp³-hybridized carbons (Fsp3) is 0.158. The van der Waals surface area contributed by atoms with Gasteiger partial charge in [0.1, 0.15) is 24.2 Å². The van der Waals surface area contributed by atoms with E-state index in [0.29, 0.717) is 22.5 Å². The van der Waals surface area contributed by atoms with Crippen molar-refractivity contribution in [3.05, 3.63) is 65.4 Å². The molecule has 3 rings (SSSR count). The summed E-state index contributed by atoms with van der Waals surface area (Å²) in [7, 11) is 0. The third-order valence-electron chi connectivity index (χ3n) is 3.56. The quantitative estimate of drug-likeness (QED) is 0.506. The van der Waals surface area contributed by atoms with E-state index in [4.69, 9.17) is 13.9 Å². The number of aldehydes is 1. The number of para-hydroxylation sites is 1. The van der Waals surface area contributed by atoms with Crippen LogP contribution in [0.1, 0.15) is 33.4 Å². The summed E-state index contributed by atoms with van der Waals surface area (Å²) >= 11 is 0. The van der Waals surface area contributed by atoms with Crippen LogP contribution in [0.15, 0.2) is 52.9 Å². The van der Waals surface area contributed by atoms with Gasteiger partial charge in [-0.2, -0.15) is 0 Å². The molecule has 0 amide bonds. The Kier molecular flexibility index (Phi) is 4.61. The van der Waals surface area contributed by atoms with Gasteiger partial charge in [-0.3, -0.25) is 4.79 Å². The lowest BCUT2D eigenvalue weighted by molar-refractivity contribution is 0.0488. The first-order valence-electron chi connectivity index (χ1n) is 7.58. The van der Waals surface area contributed by atoms with Crippen LogP contribution in [-0.2, 0) is 11.3 Å². The van der Waals surface area contributed by atoms with Crippen molar-refractivity contribution in [2.75, 3.05) is 6.61 Å². The van der Waals surface area contributed by atoms with Crippen LogP contribution in [-0.4, -0.2) is 18.9 Å². The van der Waals surface area contributed by atoms with Gasteiger partial charge in [-0.25, -0.2) is 4.79 Å². The second-order valence-electron chi connectivity index (χ2n) is 5.10. The first-order chi connectivity index (χ1) is 11.7. The highest BCUT2D eigenvalue weighted by Gasteiger charge is 2.21. The van der Waals surface area contributed by atoms with Crippen LogP contribution in [0.5, 0.6) is 5.75 Å². The predicted molar refractivity (Wildman–Crippen MR) is 88.3 cm³/mol. The minimum Gasteiger partial charge on any atom is -0.489 e. The Bertz CT molecular complexity index is 861. The summed E-state index contributed by atoms with van der Waals surface area (Å²) in [4.78, 5) is 22.8. The van der Waals surface area contributed by atoms with Crippen molar-refractivity contribution in [3.8, 4) is 5.75 Å². The maximum absolute atomic E-state index is 12.1. The molecule has 0 aliphatic heterocycles. The molecule has 0 radical (unpaired) electrons. The summed E-state index contributed by atoms with van der Waals surface area (Å²) in [6, 6.07) is 14.1. The van der Waals surface area contributed by atoms with Gasteiger partial charge in [0.15, 0.2) is 0 Å². The van der Waals surface area contributed by atoms with Gasteiger partial charge in [-0.1, -0.05) is 18.2 Å². The average Bonchev–Trinajstić information content (AvgIpc) is 2.99. The van der Waals surface area contributed by atoms with Crippen LogP contribution < -0.4 is 4.74 Å². The lowest BCUT2D eigenvalue weighted by Gasteiger charge is -2.07. The van der Waals surface area contributed by atoms with Crippen LogP contribution in [0, 0.1) is 0 Å². The minimum atomic E-state index is -0.511. The lowest BCUT2D eigenvalue weighted by Crippen LogP contribution is -2.08. The number of furan rings is 1. The van der Waals surface area contributed by atoms with Crippen molar-refractivity contribution in [2.45, 2.75) is 13.5 Å². The fourth-order valence-electron chi connectivity index (χ4n) is 2.40. The maximum Gasteiger partial charge on any atom is 0.374 e. The van der Waals surface area contributed by atoms with Crippen LogP contribution in [0.3, 0.4) is 0 Å². The number of fused-ring (bicyclic) bond motifs is 1. The predicted octanol–water partition coefficient (Wildman–Crippen LogP) is 4.00. The molecule has 0 aliphatic carbocycles. The number of hydrogen-bond donors (Lipinski definition) is 0. The highest BCUT2D eigenvalue weighted by Crippen LogP contribution is 2.28. The van der Waals surface area contributed by atoms with Crippen LogP contribution >= 0.6 is 0 Å². The molecule has 0 spiro atoms. The lowest BCUT2D eigenvalue weighted by atomic mass is 10.1. The molecular weight excluding hydrogens is 308 g/mol. The summed E-state index contributed by atoms with van der Waals surface area (Å²) in [6.45, 7) is 2.17. The smallest absolute Gasteiger partial charge is 0.374 e. The van der Waals surface area contributed by atoms with Crippen molar-refractivity contribution < 1.29 is 23.5 Å². The third-order valence-corrected chi connectivity index (χ3v) is 3.56. The van der Waals surface area contributed by atoms with Gasteiger partial charge in [0.2, 0.25) is 5.76 Å². The van der Waals surface area contributed by atoms with Gasteiger partial charge in [0, 0.05) is 10.9 Å². The Morgan fingerprint density at radius 1 is 1.12 bits per heavy atom. The molecule has 122 valence electrons. The molecule has 2 aromatic carbocycles. The van der Waals surface area contributed by atoms with Gasteiger partial charge < -0.3 is 13.9 Å². The summed E-state index contributed by atoms with van der Waals surface area (Å²) in [6.07, 6.45) is 0.770. The molecule has 0 unspecified atom stereocenters. The molecule has 5 nitrogen and oxygen atoms in total. The zero-order valence-corrected chi connectivity index (χ0v) is 13.2. The molecule has 1 heterocycles. The highest BCUT2D eigenvalue weighted by molar-refractivity contribution is 5.96. The van der Waals surface area contributed by atoms with E-state index in [1.807, 2.05) is 18.2 Å². The molecule has 0 fully saturated rings. The average molecular weight is 324 g/mol. The first-order valence-corrected chi connectivity index (χ1v) is 7.58. The fourth-order valence-corrected chi connectivity index (χ4v) is 2.40. The summed E-state index contributed by atoms with van der Waals surface area (Å²) in [5.74, 6) is 0.242. The topological polar surface area (TPSA) is 65.7 Å². The molecule has 5 heteroatoms. The van der Waals surface area contributed by atoms with Crippen molar-refractivity contribution >= 4 is 23.2 Å². The van der Waals surface area contributed by atoms with E-state index in [9.17, 15) is 9.59 Å². The van der Waals surface area contributed by atoms with Crippen LogP contribution in [0.25, 0.3) is 11.0 Å². The normalized spacial score (nSPS) is 10.5. The van der Waals surface area contributed by atoms with Crippen molar-refractivity contribution in [2.24, 2.45) is 0 Å². The number of ether oxygens (including phenoxy) is 2. The number of rotatable bonds is 6. The molecule has 0 N–H and O–H groups in total. The second kappa shape index (κ2) is 7.00. The summed E-state index contributed by atoms with van der Waals surface area (Å²) < 4.78 is 16.4. The number of hydrogen-bond acceptors (Lipinski definition) is 5. The molecule has 0 bridgehead atoms. The number of benzene rings is 2. The molecule has 0 saturated heterocycles. The van der Waals surface area contributed by atoms with E-state index in [-0.39, 0.29) is 19.0 Å². The zero-order valence-electron chi connectivity index (χ0n) is 13.2. The molecule has 3 aromatic rings. The standard InChI is InChI=1S/C19H16O5/c1-2-22-19(21)18-16(15-5-3-4-6-17(15)24-18)12-23-14-9-7-13(11-20)8-10-14/h3-11H,2,12H2,1H3. The van der Waals surface area contributed by atoms with Gasteiger partial charge in [-0.05, 0) is 37.3 Å². The molecule has 0 atom stereocenters. The van der Waals surface area contributed by atoms with E-state index in [2.05, 4.69) is 0 Å². The monoisotopic (exact) mass is 324 g/mol. The van der Waals surface area contributed by atoms with Crippen molar-refractivity contribution in [1.82, 2.24) is 0 Å². The van der Waals surface area contributed by atoms with Crippen molar-refractivity contribution in [1.29, 1.82) is 0 Å². The van der Waals surface area contributed by atoms with E-state index in [1.54, 1.807) is 37.3 Å². The highest BCUT2D eigenvalue weighted by atomic mass is 16.5. The van der Waals surface area contributed by atoms with Crippen molar-refractivity contribution in [3.63, 3.8) is 0 Å². The number of carbonyl (C=O) groups is 2. The Morgan fingerprint density at radius 3 is 2.58 bits per heavy atom. The van der Waals surface area contributed by atoms with E-state index in [0.717, 1.165) is 11.7 Å². The second-order valence-corrected chi connectivity index (χ2v) is 5.10. The minimum absolute atomic E-state index is 0.155. The third kappa shape index (κ3) is 3.15. The Labute approximate surface area is 138 Å². The van der Waals surface area contributed by atoms with E-state index >= 15 is 0 Å². The van der Waals surface area contributed by atoms with Crippen LogP contribution in [0.4, 0.5) is 0 Å². The Hall–Kier alpha value is -3.08. The SMILES string of the molecule is CCOC(=O)c1oc2ccccc2c1COc1ccc(C=O)cc1. The largest absolute Gasteiger partial charge is 0.489 e. The van der Waals surface area contributed by atoms with Gasteiger partial charge in [-0.15, -0.1) is 0 Å². The molecule has 1 aromatic heterocycles. The maximum atomic E-state index is 12.1. The summed E-state index contributed by atoms with van der Waals surface area (Å²) in [5, 5.41) is 0.810. The molecule has 0 aliphatic rings. The molecule has 0 saturated carbocycles. The van der Waals surface area contributed by atoms with Gasteiger partial charge >= 0.3 is 5.97 Å². The summed E-state index contributed by atoms with van der Waals surface area (Å²) in [5.41, 5.74) is 1.82. The Balaban J connectivity index is 1.90. The van der Waals surface area contributed by atoms with Crippen LogP contribution in [0.2, 0.25) is 0 Å². The molecular formula is C19H16O5. The molecule has 24 heavy (non-hydrogen) atoms. The number of esters is 1. The van der Waals surface area contributed by atoms with Gasteiger partial charge in [0.05, 0.1) is 12.2 Å². The Morgan fingerprint density at radius 2 is 1.88 bits per heavy atom. The van der Waals surface area contributed by atoms with E-state index in [1.165, 1.54) is 0 Å².